The molecule has 3 aromatic rings. The number of hydrogen-bond donors (Lipinski definition) is 0. The zero-order valence-electron chi connectivity index (χ0n) is 15.0. The molecule has 1 heterocycles. The standard InChI is InChI=1S/C22H20N2O2S/c1-23-21-15-9-8-12-19(21)16-24(17-22(23)18-10-4-2-5-11-18)27(25,26)20-13-6-3-7-14-20/h2-15,17H,16H2,1H3. The van der Waals surface area contributed by atoms with Gasteiger partial charge >= 0.3 is 0 Å². The average molecular weight is 376 g/mol. The molecule has 0 N–H and O–H groups in total. The van der Waals surface area contributed by atoms with E-state index in [1.54, 1.807) is 30.5 Å². The number of anilines is 1. The second-order valence-electron chi connectivity index (χ2n) is 6.43. The highest BCUT2D eigenvalue weighted by Gasteiger charge is 2.27. The maximum atomic E-state index is 13.3. The van der Waals surface area contributed by atoms with Gasteiger partial charge in [-0.2, -0.15) is 0 Å². The van der Waals surface area contributed by atoms with Gasteiger partial charge in [0.15, 0.2) is 0 Å². The van der Waals surface area contributed by atoms with Crippen molar-refractivity contribution in [1.82, 2.24) is 4.31 Å². The van der Waals surface area contributed by atoms with E-state index in [0.717, 1.165) is 22.5 Å². The molecule has 0 spiro atoms. The maximum Gasteiger partial charge on any atom is 0.264 e. The van der Waals surface area contributed by atoms with Crippen molar-refractivity contribution in [3.05, 3.63) is 102 Å². The Bertz CT molecular complexity index is 1080. The van der Waals surface area contributed by atoms with Gasteiger partial charge in [0.2, 0.25) is 0 Å². The van der Waals surface area contributed by atoms with Crippen molar-refractivity contribution in [2.45, 2.75) is 11.4 Å². The van der Waals surface area contributed by atoms with Gasteiger partial charge in [-0.15, -0.1) is 0 Å². The first-order chi connectivity index (χ1) is 13.1. The Labute approximate surface area is 160 Å². The first-order valence-corrected chi connectivity index (χ1v) is 10.2. The quantitative estimate of drug-likeness (QED) is 0.683. The van der Waals surface area contributed by atoms with Crippen LogP contribution in [0.5, 0.6) is 0 Å². The fourth-order valence-electron chi connectivity index (χ4n) is 3.30. The normalized spacial score (nSPS) is 14.3. The van der Waals surface area contributed by atoms with Gasteiger partial charge in [0.25, 0.3) is 10.0 Å². The van der Waals surface area contributed by atoms with Gasteiger partial charge in [-0.1, -0.05) is 66.7 Å². The number of rotatable bonds is 3. The van der Waals surface area contributed by atoms with E-state index >= 15 is 0 Å². The summed E-state index contributed by atoms with van der Waals surface area (Å²) in [6, 6.07) is 26.3. The molecule has 0 aromatic heterocycles. The van der Waals surface area contributed by atoms with Crippen molar-refractivity contribution >= 4 is 21.4 Å². The van der Waals surface area contributed by atoms with Crippen molar-refractivity contribution in [3.63, 3.8) is 0 Å². The molecular formula is C22H20N2O2S. The fraction of sp³-hybridized carbons (Fsp3) is 0.0909. The Morgan fingerprint density at radius 1 is 0.778 bits per heavy atom. The van der Waals surface area contributed by atoms with Crippen molar-refractivity contribution in [2.24, 2.45) is 0 Å². The summed E-state index contributed by atoms with van der Waals surface area (Å²) in [6.07, 6.45) is 1.73. The van der Waals surface area contributed by atoms with Gasteiger partial charge in [0.1, 0.15) is 0 Å². The SMILES string of the molecule is CN1C(c2ccccc2)=CN(S(=O)(=O)c2ccccc2)Cc2ccccc21. The lowest BCUT2D eigenvalue weighted by molar-refractivity contribution is 0.498. The van der Waals surface area contributed by atoms with Crippen LogP contribution in [0.4, 0.5) is 5.69 Å². The third-order valence-corrected chi connectivity index (χ3v) is 6.45. The topological polar surface area (TPSA) is 40.6 Å². The number of fused-ring (bicyclic) bond motifs is 1. The van der Waals surface area contributed by atoms with Crippen molar-refractivity contribution < 1.29 is 8.42 Å². The van der Waals surface area contributed by atoms with Gasteiger partial charge in [-0.3, -0.25) is 4.31 Å². The lowest BCUT2D eigenvalue weighted by Crippen LogP contribution is -2.25. The summed E-state index contributed by atoms with van der Waals surface area (Å²) >= 11 is 0. The van der Waals surface area contributed by atoms with E-state index in [4.69, 9.17) is 0 Å². The second kappa shape index (κ2) is 6.93. The minimum Gasteiger partial charge on any atom is -0.343 e. The molecule has 0 radical (unpaired) electrons. The van der Waals surface area contributed by atoms with E-state index in [1.807, 2.05) is 72.6 Å². The highest BCUT2D eigenvalue weighted by Crippen LogP contribution is 2.34. The molecule has 4 rings (SSSR count). The molecule has 4 nitrogen and oxygen atoms in total. The van der Waals surface area contributed by atoms with E-state index in [9.17, 15) is 8.42 Å². The molecule has 0 atom stereocenters. The van der Waals surface area contributed by atoms with Crippen LogP contribution in [0.25, 0.3) is 5.70 Å². The minimum atomic E-state index is -3.66. The molecule has 5 heteroatoms. The van der Waals surface area contributed by atoms with E-state index in [1.165, 1.54) is 4.31 Å². The smallest absolute Gasteiger partial charge is 0.264 e. The van der Waals surface area contributed by atoms with Crippen molar-refractivity contribution in [3.8, 4) is 0 Å². The molecule has 0 bridgehead atoms. The predicted octanol–water partition coefficient (Wildman–Crippen LogP) is 4.33. The van der Waals surface area contributed by atoms with Crippen LogP contribution in [0.3, 0.4) is 0 Å². The molecule has 136 valence electrons. The van der Waals surface area contributed by atoms with Crippen molar-refractivity contribution in [2.75, 3.05) is 11.9 Å². The third kappa shape index (κ3) is 3.22. The highest BCUT2D eigenvalue weighted by molar-refractivity contribution is 7.89. The monoisotopic (exact) mass is 376 g/mol. The number of hydrogen-bond acceptors (Lipinski definition) is 3. The molecule has 1 aliphatic heterocycles. The number of nitrogens with zero attached hydrogens (tertiary/aromatic N) is 2. The van der Waals surface area contributed by atoms with Gasteiger partial charge in [-0.05, 0) is 29.3 Å². The lowest BCUT2D eigenvalue weighted by Gasteiger charge is -2.23. The molecule has 0 fully saturated rings. The Hall–Kier alpha value is -3.05. The van der Waals surface area contributed by atoms with E-state index in [-0.39, 0.29) is 11.4 Å². The van der Waals surface area contributed by atoms with E-state index in [2.05, 4.69) is 0 Å². The van der Waals surface area contributed by atoms with Gasteiger partial charge in [0.05, 0.1) is 17.1 Å². The number of benzene rings is 3. The molecule has 0 amide bonds. The Morgan fingerprint density at radius 3 is 2.07 bits per heavy atom. The second-order valence-corrected chi connectivity index (χ2v) is 8.32. The van der Waals surface area contributed by atoms with Gasteiger partial charge in [-0.25, -0.2) is 8.42 Å². The first-order valence-electron chi connectivity index (χ1n) is 8.73. The molecule has 3 aromatic carbocycles. The van der Waals surface area contributed by atoms with Crippen LogP contribution in [0.2, 0.25) is 0 Å². The molecule has 0 aliphatic carbocycles. The molecule has 1 aliphatic rings. The lowest BCUT2D eigenvalue weighted by atomic mass is 10.1. The fourth-order valence-corrected chi connectivity index (χ4v) is 4.62. The highest BCUT2D eigenvalue weighted by atomic mass is 32.2. The summed E-state index contributed by atoms with van der Waals surface area (Å²) < 4.78 is 28.0. The van der Waals surface area contributed by atoms with Crippen LogP contribution >= 0.6 is 0 Å². The molecule has 0 saturated carbocycles. The summed E-state index contributed by atoms with van der Waals surface area (Å²) in [4.78, 5) is 2.33. The molecule has 0 unspecified atom stereocenters. The first kappa shape index (κ1) is 17.4. The average Bonchev–Trinajstić information content (AvgIpc) is 2.87. The van der Waals surface area contributed by atoms with Crippen LogP contribution in [0.15, 0.2) is 96.0 Å². The summed E-state index contributed by atoms with van der Waals surface area (Å²) in [6.45, 7) is 0.286. The zero-order valence-corrected chi connectivity index (χ0v) is 15.8. The summed E-state index contributed by atoms with van der Waals surface area (Å²) in [5.74, 6) is 0. The summed E-state index contributed by atoms with van der Waals surface area (Å²) in [5, 5.41) is 0. The summed E-state index contributed by atoms with van der Waals surface area (Å²) in [7, 11) is -1.69. The molecule has 0 saturated heterocycles. The van der Waals surface area contributed by atoms with E-state index < -0.39 is 10.0 Å². The van der Waals surface area contributed by atoms with Crippen LogP contribution in [0.1, 0.15) is 11.1 Å². The van der Waals surface area contributed by atoms with Gasteiger partial charge in [0, 0.05) is 18.9 Å². The van der Waals surface area contributed by atoms with Crippen LogP contribution < -0.4 is 4.90 Å². The maximum absolute atomic E-state index is 13.3. The van der Waals surface area contributed by atoms with Crippen molar-refractivity contribution in [1.29, 1.82) is 0 Å². The largest absolute Gasteiger partial charge is 0.343 e. The number of sulfonamides is 1. The zero-order chi connectivity index (χ0) is 18.9. The number of para-hydroxylation sites is 1. The minimum absolute atomic E-state index is 0.286. The Kier molecular flexibility index (Phi) is 4.46. The summed E-state index contributed by atoms with van der Waals surface area (Å²) in [5.41, 5.74) is 3.75. The molecule has 27 heavy (non-hydrogen) atoms. The van der Waals surface area contributed by atoms with E-state index in [0.29, 0.717) is 0 Å². The third-order valence-electron chi connectivity index (χ3n) is 4.73. The molecular weight excluding hydrogens is 356 g/mol. The predicted molar refractivity (Wildman–Crippen MR) is 108 cm³/mol. The van der Waals surface area contributed by atoms with Crippen LogP contribution in [0, 0.1) is 0 Å². The van der Waals surface area contributed by atoms with Crippen LogP contribution in [-0.2, 0) is 16.6 Å². The Balaban J connectivity index is 1.90. The Morgan fingerprint density at radius 2 is 1.37 bits per heavy atom. The van der Waals surface area contributed by atoms with Gasteiger partial charge < -0.3 is 4.90 Å². The van der Waals surface area contributed by atoms with Crippen LogP contribution in [-0.4, -0.2) is 19.8 Å².